The molecular formula is C18H23FN2O2S. The van der Waals surface area contributed by atoms with E-state index in [4.69, 9.17) is 17.0 Å². The SMILES string of the molecule is C=C/C=C(\C=C)C(=O)NC(=S)Nc1cc(F)c(C)c(OC)c1.CC. The zero-order valence-electron chi connectivity index (χ0n) is 14.4. The summed E-state index contributed by atoms with van der Waals surface area (Å²) in [4.78, 5) is 11.9. The van der Waals surface area contributed by atoms with Gasteiger partial charge in [-0.25, -0.2) is 4.39 Å². The summed E-state index contributed by atoms with van der Waals surface area (Å²) in [5.41, 5.74) is 1.08. The number of carbonyl (C=O) groups is 1. The molecular weight excluding hydrogens is 327 g/mol. The van der Waals surface area contributed by atoms with Gasteiger partial charge >= 0.3 is 0 Å². The molecule has 0 saturated heterocycles. The summed E-state index contributed by atoms with van der Waals surface area (Å²) in [5.74, 6) is -0.490. The maximum Gasteiger partial charge on any atom is 0.257 e. The van der Waals surface area contributed by atoms with Crippen molar-refractivity contribution in [1.29, 1.82) is 0 Å². The van der Waals surface area contributed by atoms with Gasteiger partial charge in [0.15, 0.2) is 5.11 Å². The standard InChI is InChI=1S/C16H17FN2O2S.C2H6/c1-5-7-11(6-2)15(20)19-16(22)18-12-8-13(17)10(3)14(9-12)21-4;1-2/h5-9H,1-2H2,3-4H3,(H2,18,19,20,22);1-2H3/b11-7+;. The van der Waals surface area contributed by atoms with Crippen molar-refractivity contribution in [2.24, 2.45) is 0 Å². The minimum Gasteiger partial charge on any atom is -0.496 e. The van der Waals surface area contributed by atoms with Crippen LogP contribution in [0.3, 0.4) is 0 Å². The third-order valence-electron chi connectivity index (χ3n) is 2.78. The minimum absolute atomic E-state index is 0.0344. The number of ether oxygens (including phenoxy) is 1. The number of methoxy groups -OCH3 is 1. The number of amides is 1. The fraction of sp³-hybridized carbons (Fsp3) is 0.222. The van der Waals surface area contributed by atoms with E-state index >= 15 is 0 Å². The normalized spacial score (nSPS) is 9.96. The first-order valence-electron chi connectivity index (χ1n) is 7.34. The number of halogens is 1. The molecule has 0 aromatic heterocycles. The fourth-order valence-electron chi connectivity index (χ4n) is 1.64. The summed E-state index contributed by atoms with van der Waals surface area (Å²) in [7, 11) is 1.45. The maximum absolute atomic E-state index is 13.7. The van der Waals surface area contributed by atoms with E-state index < -0.39 is 11.7 Å². The molecule has 0 radical (unpaired) electrons. The first-order chi connectivity index (χ1) is 11.4. The first-order valence-corrected chi connectivity index (χ1v) is 7.75. The maximum atomic E-state index is 13.7. The van der Waals surface area contributed by atoms with Crippen LogP contribution in [0.1, 0.15) is 19.4 Å². The van der Waals surface area contributed by atoms with Crippen molar-refractivity contribution in [3.05, 3.63) is 60.5 Å². The summed E-state index contributed by atoms with van der Waals surface area (Å²) >= 11 is 5.03. The first kappa shape index (κ1) is 21.5. The smallest absolute Gasteiger partial charge is 0.257 e. The van der Waals surface area contributed by atoms with E-state index in [-0.39, 0.29) is 5.11 Å². The van der Waals surface area contributed by atoms with Crippen LogP contribution in [0.25, 0.3) is 0 Å². The van der Waals surface area contributed by atoms with Crippen LogP contribution in [-0.2, 0) is 4.79 Å². The lowest BCUT2D eigenvalue weighted by Crippen LogP contribution is -2.34. The largest absolute Gasteiger partial charge is 0.496 e. The Balaban J connectivity index is 0.00000254. The highest BCUT2D eigenvalue weighted by Crippen LogP contribution is 2.25. The minimum atomic E-state index is -0.438. The van der Waals surface area contributed by atoms with Crippen LogP contribution in [-0.4, -0.2) is 18.1 Å². The van der Waals surface area contributed by atoms with Gasteiger partial charge in [-0.3, -0.25) is 10.1 Å². The van der Waals surface area contributed by atoms with Crippen molar-refractivity contribution in [2.75, 3.05) is 12.4 Å². The average molecular weight is 350 g/mol. The second-order valence-electron chi connectivity index (χ2n) is 4.26. The summed E-state index contributed by atoms with van der Waals surface area (Å²) in [6.07, 6.45) is 4.35. The zero-order valence-corrected chi connectivity index (χ0v) is 15.2. The summed E-state index contributed by atoms with van der Waals surface area (Å²) in [6.45, 7) is 12.6. The third-order valence-corrected chi connectivity index (χ3v) is 2.99. The number of allylic oxidation sites excluding steroid dienone is 2. The fourth-order valence-corrected chi connectivity index (χ4v) is 1.85. The predicted octanol–water partition coefficient (Wildman–Crippen LogP) is 4.28. The molecule has 24 heavy (non-hydrogen) atoms. The molecule has 1 aromatic rings. The number of benzene rings is 1. The number of thiocarbonyl (C=S) groups is 1. The van der Waals surface area contributed by atoms with E-state index in [0.717, 1.165) is 0 Å². The Kier molecular flexibility index (Phi) is 9.98. The molecule has 4 nitrogen and oxygen atoms in total. The zero-order chi connectivity index (χ0) is 18.7. The van der Waals surface area contributed by atoms with Crippen LogP contribution in [0.2, 0.25) is 0 Å². The molecule has 130 valence electrons. The van der Waals surface area contributed by atoms with E-state index in [0.29, 0.717) is 22.6 Å². The van der Waals surface area contributed by atoms with E-state index in [2.05, 4.69) is 23.8 Å². The Morgan fingerprint density at radius 3 is 2.46 bits per heavy atom. The molecule has 2 N–H and O–H groups in total. The molecule has 1 aromatic carbocycles. The highest BCUT2D eigenvalue weighted by molar-refractivity contribution is 7.80. The van der Waals surface area contributed by atoms with Crippen LogP contribution in [0.4, 0.5) is 10.1 Å². The van der Waals surface area contributed by atoms with Gasteiger partial charge < -0.3 is 10.1 Å². The van der Waals surface area contributed by atoms with Crippen LogP contribution in [0, 0.1) is 12.7 Å². The van der Waals surface area contributed by atoms with Gasteiger partial charge in [0, 0.05) is 22.9 Å². The number of hydrogen-bond donors (Lipinski definition) is 2. The highest BCUT2D eigenvalue weighted by Gasteiger charge is 2.11. The Morgan fingerprint density at radius 1 is 1.33 bits per heavy atom. The van der Waals surface area contributed by atoms with Gasteiger partial charge in [0.05, 0.1) is 7.11 Å². The van der Waals surface area contributed by atoms with Gasteiger partial charge in [-0.15, -0.1) is 0 Å². The van der Waals surface area contributed by atoms with Gasteiger partial charge in [0.25, 0.3) is 5.91 Å². The molecule has 1 amide bonds. The lowest BCUT2D eigenvalue weighted by molar-refractivity contribution is -0.115. The molecule has 0 spiro atoms. The number of carbonyl (C=O) groups excluding carboxylic acids is 1. The molecule has 0 aliphatic carbocycles. The molecule has 0 bridgehead atoms. The molecule has 0 saturated carbocycles. The Hall–Kier alpha value is -2.47. The summed E-state index contributed by atoms with van der Waals surface area (Å²) in [5, 5.41) is 5.23. The third kappa shape index (κ3) is 6.34. The van der Waals surface area contributed by atoms with Gasteiger partial charge in [0.2, 0.25) is 0 Å². The molecule has 1 rings (SSSR count). The van der Waals surface area contributed by atoms with Crippen LogP contribution >= 0.6 is 12.2 Å². The topological polar surface area (TPSA) is 50.4 Å². The number of rotatable bonds is 5. The number of anilines is 1. The lowest BCUT2D eigenvalue weighted by Gasteiger charge is -2.12. The molecule has 6 heteroatoms. The van der Waals surface area contributed by atoms with E-state index in [9.17, 15) is 9.18 Å². The molecule has 0 fully saturated rings. The summed E-state index contributed by atoms with van der Waals surface area (Å²) in [6, 6.07) is 2.86. The number of nitrogens with one attached hydrogen (secondary N) is 2. The Morgan fingerprint density at radius 2 is 1.96 bits per heavy atom. The number of hydrogen-bond acceptors (Lipinski definition) is 3. The quantitative estimate of drug-likeness (QED) is 0.473. The molecule has 0 atom stereocenters. The van der Waals surface area contributed by atoms with Crippen molar-refractivity contribution in [1.82, 2.24) is 5.32 Å². The Labute approximate surface area is 148 Å². The average Bonchev–Trinajstić information content (AvgIpc) is 2.57. The van der Waals surface area contributed by atoms with E-state index in [1.54, 1.807) is 13.0 Å². The van der Waals surface area contributed by atoms with E-state index in [1.165, 1.54) is 31.4 Å². The monoisotopic (exact) mass is 350 g/mol. The van der Waals surface area contributed by atoms with E-state index in [1.807, 2.05) is 13.8 Å². The predicted molar refractivity (Wildman–Crippen MR) is 102 cm³/mol. The van der Waals surface area contributed by atoms with Crippen molar-refractivity contribution in [3.63, 3.8) is 0 Å². The van der Waals surface area contributed by atoms with Gasteiger partial charge in [-0.2, -0.15) is 0 Å². The van der Waals surface area contributed by atoms with Crippen molar-refractivity contribution in [3.8, 4) is 5.75 Å². The molecule has 0 heterocycles. The second-order valence-corrected chi connectivity index (χ2v) is 4.66. The van der Waals surface area contributed by atoms with Gasteiger partial charge in [-0.1, -0.05) is 45.2 Å². The highest BCUT2D eigenvalue weighted by atomic mass is 32.1. The van der Waals surface area contributed by atoms with Crippen LogP contribution in [0.5, 0.6) is 5.75 Å². The van der Waals surface area contributed by atoms with Crippen molar-refractivity contribution >= 4 is 28.9 Å². The molecule has 0 aliphatic rings. The molecule has 0 aliphatic heterocycles. The lowest BCUT2D eigenvalue weighted by atomic mass is 10.2. The van der Waals surface area contributed by atoms with Crippen LogP contribution in [0.15, 0.2) is 49.1 Å². The van der Waals surface area contributed by atoms with Gasteiger partial charge in [0.1, 0.15) is 11.6 Å². The second kappa shape index (κ2) is 11.1. The van der Waals surface area contributed by atoms with Crippen molar-refractivity contribution in [2.45, 2.75) is 20.8 Å². The Bertz CT molecular complexity index is 655. The van der Waals surface area contributed by atoms with Crippen LogP contribution < -0.4 is 15.4 Å². The van der Waals surface area contributed by atoms with Crippen molar-refractivity contribution < 1.29 is 13.9 Å². The van der Waals surface area contributed by atoms with Gasteiger partial charge in [-0.05, 0) is 25.2 Å². The summed E-state index contributed by atoms with van der Waals surface area (Å²) < 4.78 is 18.8. The molecule has 0 unspecified atom stereocenters.